The smallest absolute Gasteiger partial charge is 0.166 e. The van der Waals surface area contributed by atoms with Crippen LogP contribution in [0.3, 0.4) is 0 Å². The number of nitrogen functional groups attached to an aromatic ring is 1. The molecule has 3 aromatic rings. The van der Waals surface area contributed by atoms with E-state index in [1.54, 1.807) is 19.2 Å². The number of anilines is 1. The summed E-state index contributed by atoms with van der Waals surface area (Å²) in [6.07, 6.45) is 0.729. The van der Waals surface area contributed by atoms with E-state index in [1.807, 2.05) is 24.3 Å². The number of benzene rings is 2. The number of nitrogens with two attached hydrogens (primary N) is 1. The topological polar surface area (TPSA) is 69.8 Å². The van der Waals surface area contributed by atoms with Crippen LogP contribution in [0.25, 0.3) is 11.1 Å². The van der Waals surface area contributed by atoms with Gasteiger partial charge < -0.3 is 19.9 Å². The predicted molar refractivity (Wildman–Crippen MR) is 127 cm³/mol. The van der Waals surface area contributed by atoms with Crippen molar-refractivity contribution in [2.75, 3.05) is 45.2 Å². The van der Waals surface area contributed by atoms with Crippen LogP contribution in [-0.4, -0.2) is 49.3 Å². The first kappa shape index (κ1) is 24.2. The zero-order chi connectivity index (χ0) is 24.1. The van der Waals surface area contributed by atoms with Gasteiger partial charge in [-0.15, -0.1) is 0 Å². The maximum absolute atomic E-state index is 14.3. The van der Waals surface area contributed by atoms with Gasteiger partial charge in [0, 0.05) is 37.0 Å². The average Bonchev–Trinajstić information content (AvgIpc) is 2.84. The molecule has 1 aliphatic heterocycles. The van der Waals surface area contributed by atoms with Crippen LogP contribution in [0.15, 0.2) is 48.7 Å². The highest BCUT2D eigenvalue weighted by Crippen LogP contribution is 2.35. The van der Waals surface area contributed by atoms with Gasteiger partial charge in [-0.2, -0.15) is 0 Å². The second kappa shape index (κ2) is 11.0. The normalized spacial score (nSPS) is 15.2. The number of morpholine rings is 1. The maximum Gasteiger partial charge on any atom is 0.166 e. The van der Waals surface area contributed by atoms with Crippen LogP contribution in [-0.2, 0) is 4.74 Å². The average molecular weight is 490 g/mol. The highest BCUT2D eigenvalue weighted by atomic mass is 35.5. The van der Waals surface area contributed by atoms with Crippen molar-refractivity contribution in [2.24, 2.45) is 0 Å². The van der Waals surface area contributed by atoms with E-state index in [0.717, 1.165) is 61.9 Å². The summed E-state index contributed by atoms with van der Waals surface area (Å²) < 4.78 is 45.3. The van der Waals surface area contributed by atoms with Crippen LogP contribution < -0.4 is 15.2 Å². The van der Waals surface area contributed by atoms with Crippen LogP contribution in [0.1, 0.15) is 18.6 Å². The molecule has 6 nitrogen and oxygen atoms in total. The van der Waals surface area contributed by atoms with Crippen molar-refractivity contribution < 1.29 is 23.0 Å². The molecule has 1 fully saturated rings. The number of ether oxygens (including phenoxy) is 3. The predicted octanol–water partition coefficient (Wildman–Crippen LogP) is 5.11. The van der Waals surface area contributed by atoms with Gasteiger partial charge >= 0.3 is 0 Å². The van der Waals surface area contributed by atoms with Crippen LogP contribution >= 0.6 is 11.6 Å². The number of halogens is 3. The van der Waals surface area contributed by atoms with Gasteiger partial charge in [-0.1, -0.05) is 23.7 Å². The molecule has 0 spiro atoms. The standard InChI is InChI=1S/C25H26ClF2N3O3/c1-16(23-20(27)5-6-21(28)24(23)26)34-22-14-18(15-30-25(22)29)17-3-2-4-19(13-17)33-12-9-31-7-10-32-11-8-31/h2-6,13-16H,7-12H2,1H3,(H2,29,30). The van der Waals surface area contributed by atoms with Crippen molar-refractivity contribution in [3.8, 4) is 22.6 Å². The van der Waals surface area contributed by atoms with Gasteiger partial charge in [0.2, 0.25) is 0 Å². The lowest BCUT2D eigenvalue weighted by Gasteiger charge is -2.26. The van der Waals surface area contributed by atoms with Gasteiger partial charge in [0.05, 0.1) is 18.2 Å². The molecule has 34 heavy (non-hydrogen) atoms. The number of aromatic nitrogens is 1. The molecule has 2 heterocycles. The molecule has 2 N–H and O–H groups in total. The summed E-state index contributed by atoms with van der Waals surface area (Å²) in [6.45, 7) is 6.28. The van der Waals surface area contributed by atoms with Crippen LogP contribution in [0.5, 0.6) is 11.5 Å². The van der Waals surface area contributed by atoms with E-state index in [-0.39, 0.29) is 22.2 Å². The van der Waals surface area contributed by atoms with E-state index in [0.29, 0.717) is 6.61 Å². The first-order chi connectivity index (χ1) is 16.4. The Balaban J connectivity index is 1.47. The fraction of sp³-hybridized carbons (Fsp3) is 0.320. The van der Waals surface area contributed by atoms with E-state index in [1.165, 1.54) is 0 Å². The molecule has 0 bridgehead atoms. The second-order valence-corrected chi connectivity index (χ2v) is 8.33. The van der Waals surface area contributed by atoms with E-state index in [2.05, 4.69) is 9.88 Å². The molecule has 9 heteroatoms. The third kappa shape index (κ3) is 5.75. The Morgan fingerprint density at radius 3 is 2.68 bits per heavy atom. The fourth-order valence-electron chi connectivity index (χ4n) is 3.75. The van der Waals surface area contributed by atoms with E-state index in [9.17, 15) is 8.78 Å². The summed E-state index contributed by atoms with van der Waals surface area (Å²) in [5.41, 5.74) is 7.50. The first-order valence-corrected chi connectivity index (χ1v) is 11.4. The molecular formula is C25H26ClF2N3O3. The lowest BCUT2D eigenvalue weighted by molar-refractivity contribution is 0.0322. The third-order valence-electron chi connectivity index (χ3n) is 5.62. The van der Waals surface area contributed by atoms with Crippen molar-refractivity contribution in [1.82, 2.24) is 9.88 Å². The molecule has 1 atom stereocenters. The first-order valence-electron chi connectivity index (χ1n) is 11.0. The minimum Gasteiger partial charge on any atom is -0.492 e. The zero-order valence-electron chi connectivity index (χ0n) is 18.8. The lowest BCUT2D eigenvalue weighted by Crippen LogP contribution is -2.38. The molecule has 180 valence electrons. The van der Waals surface area contributed by atoms with Crippen LogP contribution in [0.2, 0.25) is 5.02 Å². The quantitative estimate of drug-likeness (QED) is 0.443. The number of nitrogens with zero attached hydrogens (tertiary/aromatic N) is 2. The molecule has 1 unspecified atom stereocenters. The Bertz CT molecular complexity index is 1140. The van der Waals surface area contributed by atoms with Crippen molar-refractivity contribution in [3.05, 3.63) is 70.9 Å². The molecule has 0 radical (unpaired) electrons. The summed E-state index contributed by atoms with van der Waals surface area (Å²) in [5, 5.41) is -0.322. The summed E-state index contributed by atoms with van der Waals surface area (Å²) in [7, 11) is 0. The molecule has 0 amide bonds. The Morgan fingerprint density at radius 2 is 1.88 bits per heavy atom. The molecule has 1 saturated heterocycles. The highest BCUT2D eigenvalue weighted by molar-refractivity contribution is 6.31. The fourth-order valence-corrected chi connectivity index (χ4v) is 4.06. The minimum absolute atomic E-state index is 0.0814. The number of rotatable bonds is 8. The SMILES string of the molecule is CC(Oc1cc(-c2cccc(OCCN3CCOCC3)c2)cnc1N)c1c(F)ccc(F)c1Cl. The monoisotopic (exact) mass is 489 g/mol. The van der Waals surface area contributed by atoms with Gasteiger partial charge in [-0.3, -0.25) is 4.90 Å². The lowest BCUT2D eigenvalue weighted by atomic mass is 10.1. The molecule has 0 aliphatic carbocycles. The molecular weight excluding hydrogens is 464 g/mol. The second-order valence-electron chi connectivity index (χ2n) is 7.95. The van der Waals surface area contributed by atoms with Crippen LogP contribution in [0.4, 0.5) is 14.6 Å². The Morgan fingerprint density at radius 1 is 1.12 bits per heavy atom. The molecule has 2 aromatic carbocycles. The maximum atomic E-state index is 14.3. The van der Waals surface area contributed by atoms with Gasteiger partial charge in [0.15, 0.2) is 11.6 Å². The Hall–Kier alpha value is -2.94. The number of hydrogen-bond acceptors (Lipinski definition) is 6. The molecule has 0 saturated carbocycles. The number of pyridine rings is 1. The molecule has 1 aromatic heterocycles. The summed E-state index contributed by atoms with van der Waals surface area (Å²) in [5.74, 6) is -0.292. The Labute approximate surface area is 202 Å². The summed E-state index contributed by atoms with van der Waals surface area (Å²) >= 11 is 5.97. The van der Waals surface area contributed by atoms with Crippen molar-refractivity contribution in [1.29, 1.82) is 0 Å². The Kier molecular flexibility index (Phi) is 7.82. The van der Waals surface area contributed by atoms with Gasteiger partial charge in [-0.25, -0.2) is 13.8 Å². The van der Waals surface area contributed by atoms with Gasteiger partial charge in [0.25, 0.3) is 0 Å². The van der Waals surface area contributed by atoms with Gasteiger partial charge in [-0.05, 0) is 42.8 Å². The van der Waals surface area contributed by atoms with Crippen molar-refractivity contribution in [2.45, 2.75) is 13.0 Å². The zero-order valence-corrected chi connectivity index (χ0v) is 19.5. The highest BCUT2D eigenvalue weighted by Gasteiger charge is 2.21. The summed E-state index contributed by atoms with van der Waals surface area (Å²) in [6, 6.07) is 11.3. The summed E-state index contributed by atoms with van der Waals surface area (Å²) in [4.78, 5) is 6.51. The van der Waals surface area contributed by atoms with Crippen molar-refractivity contribution >= 4 is 17.4 Å². The van der Waals surface area contributed by atoms with Crippen LogP contribution in [0, 0.1) is 11.6 Å². The largest absolute Gasteiger partial charge is 0.492 e. The third-order valence-corrected chi connectivity index (χ3v) is 6.00. The number of hydrogen-bond donors (Lipinski definition) is 1. The van der Waals surface area contributed by atoms with Gasteiger partial charge in [0.1, 0.15) is 30.1 Å². The van der Waals surface area contributed by atoms with E-state index < -0.39 is 17.7 Å². The van der Waals surface area contributed by atoms with Crippen molar-refractivity contribution in [3.63, 3.8) is 0 Å². The minimum atomic E-state index is -0.891. The van der Waals surface area contributed by atoms with E-state index >= 15 is 0 Å². The van der Waals surface area contributed by atoms with E-state index in [4.69, 9.17) is 31.5 Å². The molecule has 4 rings (SSSR count). The molecule has 1 aliphatic rings.